The van der Waals surface area contributed by atoms with E-state index in [0.717, 1.165) is 25.4 Å². The number of benzene rings is 1. The fraction of sp³-hybridized carbons (Fsp3) is 0.250. The minimum absolute atomic E-state index is 0.226. The molecular formula is C20H20N4O5S. The molecule has 1 aromatic carbocycles. The second-order valence-electron chi connectivity index (χ2n) is 6.44. The third-order valence-electron chi connectivity index (χ3n) is 4.33. The van der Waals surface area contributed by atoms with Gasteiger partial charge in [-0.05, 0) is 24.6 Å². The van der Waals surface area contributed by atoms with Gasteiger partial charge in [0.15, 0.2) is 6.61 Å². The molecule has 3 aromatic rings. The van der Waals surface area contributed by atoms with Gasteiger partial charge in [0.25, 0.3) is 5.56 Å². The molecule has 0 saturated heterocycles. The number of anilines is 1. The first kappa shape index (κ1) is 21.2. The van der Waals surface area contributed by atoms with Crippen LogP contribution in [0.3, 0.4) is 0 Å². The van der Waals surface area contributed by atoms with Crippen LogP contribution in [0, 0.1) is 0 Å². The van der Waals surface area contributed by atoms with Crippen LogP contribution in [0.25, 0.3) is 16.3 Å². The summed E-state index contributed by atoms with van der Waals surface area (Å²) in [7, 11) is 1.26. The van der Waals surface area contributed by atoms with Crippen molar-refractivity contribution in [3.63, 3.8) is 0 Å². The van der Waals surface area contributed by atoms with E-state index in [4.69, 9.17) is 10.5 Å². The van der Waals surface area contributed by atoms with Crippen LogP contribution in [0.5, 0.6) is 0 Å². The third kappa shape index (κ3) is 4.23. The van der Waals surface area contributed by atoms with Crippen LogP contribution in [0.1, 0.15) is 28.7 Å². The van der Waals surface area contributed by atoms with Gasteiger partial charge in [-0.2, -0.15) is 0 Å². The van der Waals surface area contributed by atoms with Crippen molar-refractivity contribution in [2.45, 2.75) is 19.9 Å². The van der Waals surface area contributed by atoms with Gasteiger partial charge in [-0.1, -0.05) is 19.1 Å². The molecule has 0 spiro atoms. The van der Waals surface area contributed by atoms with Crippen molar-refractivity contribution in [3.8, 4) is 0 Å². The lowest BCUT2D eigenvalue weighted by atomic mass is 10.2. The van der Waals surface area contributed by atoms with Crippen LogP contribution in [0.15, 0.2) is 39.9 Å². The second-order valence-corrected chi connectivity index (χ2v) is 7.50. The number of nitrogens with zero attached hydrogens (tertiary/aromatic N) is 3. The Labute approximate surface area is 175 Å². The monoisotopic (exact) mass is 428 g/mol. The van der Waals surface area contributed by atoms with Crippen LogP contribution in [0.4, 0.5) is 5.82 Å². The highest BCUT2D eigenvalue weighted by Crippen LogP contribution is 2.22. The standard InChI is InChI=1S/C20H20N4O5S/c1-3-10-24-18(21)17(19(27)23(2)20(24)28)13(25)11-29-16(26)9-8-15-22-12-6-4-5-7-14(12)30-15/h4-9H,3,10-11,21H2,1-2H3/b9-8+. The first-order valence-corrected chi connectivity index (χ1v) is 9.98. The molecule has 0 aliphatic carbocycles. The van der Waals surface area contributed by atoms with Gasteiger partial charge in [0, 0.05) is 19.7 Å². The van der Waals surface area contributed by atoms with E-state index in [1.54, 1.807) is 0 Å². The molecule has 0 saturated carbocycles. The maximum atomic E-state index is 12.5. The second kappa shape index (κ2) is 8.87. The van der Waals surface area contributed by atoms with Crippen LogP contribution in [-0.2, 0) is 23.1 Å². The Morgan fingerprint density at radius 3 is 2.70 bits per heavy atom. The van der Waals surface area contributed by atoms with Crippen molar-refractivity contribution in [2.24, 2.45) is 7.05 Å². The highest BCUT2D eigenvalue weighted by atomic mass is 32.1. The zero-order chi connectivity index (χ0) is 21.8. The number of ketones is 1. The van der Waals surface area contributed by atoms with Gasteiger partial charge in [-0.3, -0.25) is 18.7 Å². The zero-order valence-electron chi connectivity index (χ0n) is 16.5. The lowest BCUT2D eigenvalue weighted by Gasteiger charge is -2.13. The first-order valence-electron chi connectivity index (χ1n) is 9.16. The van der Waals surface area contributed by atoms with Crippen molar-refractivity contribution in [2.75, 3.05) is 12.3 Å². The maximum Gasteiger partial charge on any atom is 0.332 e. The molecule has 0 fully saturated rings. The number of Topliss-reactive ketones (excluding diaryl/α,β-unsaturated/α-hetero) is 1. The van der Waals surface area contributed by atoms with E-state index in [-0.39, 0.29) is 17.9 Å². The van der Waals surface area contributed by atoms with E-state index < -0.39 is 29.6 Å². The third-order valence-corrected chi connectivity index (χ3v) is 5.33. The molecule has 9 nitrogen and oxygen atoms in total. The fourth-order valence-corrected chi connectivity index (χ4v) is 3.71. The van der Waals surface area contributed by atoms with Gasteiger partial charge in [0.2, 0.25) is 5.78 Å². The lowest BCUT2D eigenvalue weighted by molar-refractivity contribution is -0.136. The van der Waals surface area contributed by atoms with Crippen molar-refractivity contribution in [1.82, 2.24) is 14.1 Å². The quantitative estimate of drug-likeness (QED) is 0.344. The number of aromatic nitrogens is 3. The molecule has 0 radical (unpaired) electrons. The molecular weight excluding hydrogens is 408 g/mol. The fourth-order valence-electron chi connectivity index (χ4n) is 2.84. The zero-order valence-corrected chi connectivity index (χ0v) is 17.3. The molecule has 10 heteroatoms. The van der Waals surface area contributed by atoms with Crippen molar-refractivity contribution in [1.29, 1.82) is 0 Å². The van der Waals surface area contributed by atoms with E-state index in [0.29, 0.717) is 11.4 Å². The SMILES string of the molecule is CCCn1c(N)c(C(=O)COC(=O)/C=C/c2nc3ccccc3s2)c(=O)n(C)c1=O. The van der Waals surface area contributed by atoms with E-state index in [1.807, 2.05) is 31.2 Å². The van der Waals surface area contributed by atoms with Gasteiger partial charge in [0.1, 0.15) is 16.4 Å². The summed E-state index contributed by atoms with van der Waals surface area (Å²) in [6, 6.07) is 7.55. The summed E-state index contributed by atoms with van der Waals surface area (Å²) >= 11 is 1.41. The lowest BCUT2D eigenvalue weighted by Crippen LogP contribution is -2.43. The smallest absolute Gasteiger partial charge is 0.332 e. The number of rotatable bonds is 7. The number of para-hydroxylation sites is 1. The van der Waals surface area contributed by atoms with Crippen molar-refractivity contribution in [3.05, 3.63) is 61.8 Å². The number of hydrogen-bond donors (Lipinski definition) is 1. The maximum absolute atomic E-state index is 12.5. The Bertz CT molecular complexity index is 1240. The van der Waals surface area contributed by atoms with Gasteiger partial charge < -0.3 is 10.5 Å². The molecule has 30 heavy (non-hydrogen) atoms. The number of carbonyl (C=O) groups excluding carboxylic acids is 2. The molecule has 2 aromatic heterocycles. The molecule has 0 aliphatic rings. The van der Waals surface area contributed by atoms with Gasteiger partial charge in [0.05, 0.1) is 10.2 Å². The largest absolute Gasteiger partial charge is 0.454 e. The molecule has 2 N–H and O–H groups in total. The van der Waals surface area contributed by atoms with E-state index in [2.05, 4.69) is 4.98 Å². The average molecular weight is 428 g/mol. The number of nitrogen functional groups attached to an aromatic ring is 1. The minimum Gasteiger partial charge on any atom is -0.454 e. The summed E-state index contributed by atoms with van der Waals surface area (Å²) in [6.45, 7) is 1.41. The highest BCUT2D eigenvalue weighted by molar-refractivity contribution is 7.19. The summed E-state index contributed by atoms with van der Waals surface area (Å²) in [6.07, 6.45) is 3.23. The number of fused-ring (bicyclic) bond motifs is 1. The van der Waals surface area contributed by atoms with Gasteiger partial charge >= 0.3 is 11.7 Å². The predicted molar refractivity (Wildman–Crippen MR) is 115 cm³/mol. The van der Waals surface area contributed by atoms with Crippen LogP contribution < -0.4 is 17.0 Å². The topological polar surface area (TPSA) is 126 Å². The van der Waals surface area contributed by atoms with E-state index in [1.165, 1.54) is 24.5 Å². The Morgan fingerprint density at radius 1 is 1.27 bits per heavy atom. The number of esters is 1. The highest BCUT2D eigenvalue weighted by Gasteiger charge is 2.22. The number of thiazole rings is 1. The summed E-state index contributed by atoms with van der Waals surface area (Å²) in [5.74, 6) is -1.77. The Balaban J connectivity index is 1.73. The molecule has 0 unspecified atom stereocenters. The molecule has 0 amide bonds. The molecule has 156 valence electrons. The van der Waals surface area contributed by atoms with Crippen LogP contribution in [-0.4, -0.2) is 32.5 Å². The summed E-state index contributed by atoms with van der Waals surface area (Å²) < 4.78 is 7.90. The Hall–Kier alpha value is -3.53. The molecule has 0 atom stereocenters. The first-order chi connectivity index (χ1) is 14.3. The summed E-state index contributed by atoms with van der Waals surface area (Å²) in [5.41, 5.74) is 4.91. The molecule has 2 heterocycles. The van der Waals surface area contributed by atoms with Crippen LogP contribution in [0.2, 0.25) is 0 Å². The number of nitrogens with two attached hydrogens (primary N) is 1. The van der Waals surface area contributed by atoms with Gasteiger partial charge in [-0.25, -0.2) is 14.6 Å². The molecule has 0 aliphatic heterocycles. The Morgan fingerprint density at radius 2 is 2.00 bits per heavy atom. The number of carbonyl (C=O) groups is 2. The Kier molecular flexibility index (Phi) is 6.26. The molecule has 0 bridgehead atoms. The predicted octanol–water partition coefficient (Wildman–Crippen LogP) is 1.59. The summed E-state index contributed by atoms with van der Waals surface area (Å²) in [4.78, 5) is 53.3. The van der Waals surface area contributed by atoms with Gasteiger partial charge in [-0.15, -0.1) is 11.3 Å². The normalized spacial score (nSPS) is 11.3. The summed E-state index contributed by atoms with van der Waals surface area (Å²) in [5, 5.41) is 0.615. The number of ether oxygens (including phenoxy) is 1. The van der Waals surface area contributed by atoms with Crippen molar-refractivity contribution >= 4 is 45.2 Å². The van der Waals surface area contributed by atoms with Crippen molar-refractivity contribution < 1.29 is 14.3 Å². The minimum atomic E-state index is -0.823. The van der Waals surface area contributed by atoms with Crippen LogP contribution >= 0.6 is 11.3 Å². The van der Waals surface area contributed by atoms with E-state index in [9.17, 15) is 19.2 Å². The van der Waals surface area contributed by atoms with E-state index >= 15 is 0 Å². The molecule has 3 rings (SSSR count). The average Bonchev–Trinajstić information content (AvgIpc) is 3.15. The number of hydrogen-bond acceptors (Lipinski definition) is 8.